The van der Waals surface area contributed by atoms with E-state index < -0.39 is 0 Å². The smallest absolute Gasteiger partial charge is 0.0334 e. The van der Waals surface area contributed by atoms with Crippen molar-refractivity contribution in [2.75, 3.05) is 13.1 Å². The molecule has 2 heteroatoms. The van der Waals surface area contributed by atoms with E-state index in [4.69, 9.17) is 5.73 Å². The van der Waals surface area contributed by atoms with Crippen molar-refractivity contribution in [1.82, 2.24) is 4.90 Å². The standard InChI is InChI=1S/C16H32N2/c1-3-6-14-7-5-11-16(13-17,12-10-14)18(4-2)15-8-9-15/h14-15H,3-13,17H2,1-2H3. The van der Waals surface area contributed by atoms with Gasteiger partial charge in [0.2, 0.25) is 0 Å². The topological polar surface area (TPSA) is 29.3 Å². The molecule has 0 amide bonds. The molecule has 0 aromatic carbocycles. The first-order chi connectivity index (χ1) is 8.75. The van der Waals surface area contributed by atoms with Gasteiger partial charge in [-0.05, 0) is 44.6 Å². The van der Waals surface area contributed by atoms with E-state index in [1.54, 1.807) is 0 Å². The molecule has 2 nitrogen and oxygen atoms in total. The van der Waals surface area contributed by atoms with Crippen LogP contribution in [0.15, 0.2) is 0 Å². The highest BCUT2D eigenvalue weighted by Gasteiger charge is 2.43. The molecule has 2 aliphatic carbocycles. The Balaban J connectivity index is 2.02. The van der Waals surface area contributed by atoms with E-state index in [1.807, 2.05) is 0 Å². The number of nitrogens with two attached hydrogens (primary N) is 1. The lowest BCUT2D eigenvalue weighted by molar-refractivity contribution is 0.0739. The van der Waals surface area contributed by atoms with Crippen molar-refractivity contribution in [3.8, 4) is 0 Å². The van der Waals surface area contributed by atoms with E-state index in [0.29, 0.717) is 5.54 Å². The van der Waals surface area contributed by atoms with Gasteiger partial charge in [-0.25, -0.2) is 0 Å². The molecule has 2 atom stereocenters. The zero-order valence-corrected chi connectivity index (χ0v) is 12.5. The lowest BCUT2D eigenvalue weighted by Crippen LogP contribution is -2.54. The fourth-order valence-corrected chi connectivity index (χ4v) is 4.13. The van der Waals surface area contributed by atoms with Crippen molar-refractivity contribution in [2.45, 2.75) is 83.2 Å². The molecular formula is C16H32N2. The molecule has 0 aliphatic heterocycles. The second-order valence-corrected chi connectivity index (χ2v) is 6.53. The summed E-state index contributed by atoms with van der Waals surface area (Å²) < 4.78 is 0. The maximum Gasteiger partial charge on any atom is 0.0334 e. The summed E-state index contributed by atoms with van der Waals surface area (Å²) in [6, 6.07) is 0.862. The first-order valence-electron chi connectivity index (χ1n) is 8.22. The molecule has 18 heavy (non-hydrogen) atoms. The predicted octanol–water partition coefficient (Wildman–Crippen LogP) is 3.55. The highest BCUT2D eigenvalue weighted by atomic mass is 15.3. The highest BCUT2D eigenvalue weighted by molar-refractivity contribution is 5.00. The van der Waals surface area contributed by atoms with Crippen molar-refractivity contribution >= 4 is 0 Å². The van der Waals surface area contributed by atoms with Crippen molar-refractivity contribution in [3.05, 3.63) is 0 Å². The van der Waals surface area contributed by atoms with Crippen molar-refractivity contribution in [3.63, 3.8) is 0 Å². The SMILES string of the molecule is CCCC1CCCC(CN)(N(CC)C2CC2)CC1. The summed E-state index contributed by atoms with van der Waals surface area (Å²) in [5.41, 5.74) is 6.57. The third-order valence-electron chi connectivity index (χ3n) is 5.29. The van der Waals surface area contributed by atoms with Crippen LogP contribution < -0.4 is 5.73 Å². The summed E-state index contributed by atoms with van der Waals surface area (Å²) >= 11 is 0. The van der Waals surface area contributed by atoms with Crippen LogP contribution >= 0.6 is 0 Å². The van der Waals surface area contributed by atoms with Gasteiger partial charge in [-0.15, -0.1) is 0 Å². The summed E-state index contributed by atoms with van der Waals surface area (Å²) in [6.45, 7) is 6.71. The van der Waals surface area contributed by atoms with Gasteiger partial charge in [-0.3, -0.25) is 4.90 Å². The van der Waals surface area contributed by atoms with Gasteiger partial charge in [0, 0.05) is 18.1 Å². The maximum atomic E-state index is 6.23. The fourth-order valence-electron chi connectivity index (χ4n) is 4.13. The molecule has 0 aromatic heterocycles. The molecule has 2 aliphatic rings. The van der Waals surface area contributed by atoms with Crippen molar-refractivity contribution < 1.29 is 0 Å². The minimum Gasteiger partial charge on any atom is -0.329 e. The number of hydrogen-bond acceptors (Lipinski definition) is 2. The molecular weight excluding hydrogens is 220 g/mol. The molecule has 2 fully saturated rings. The quantitative estimate of drug-likeness (QED) is 0.733. The highest BCUT2D eigenvalue weighted by Crippen LogP contribution is 2.41. The molecule has 0 bridgehead atoms. The Morgan fingerprint density at radius 3 is 2.44 bits per heavy atom. The summed E-state index contributed by atoms with van der Waals surface area (Å²) in [5, 5.41) is 0. The average molecular weight is 252 g/mol. The van der Waals surface area contributed by atoms with E-state index in [9.17, 15) is 0 Å². The summed E-state index contributed by atoms with van der Waals surface area (Å²) in [7, 11) is 0. The lowest BCUT2D eigenvalue weighted by atomic mass is 9.87. The molecule has 0 radical (unpaired) electrons. The van der Waals surface area contributed by atoms with Crippen LogP contribution in [0, 0.1) is 5.92 Å². The second kappa shape index (κ2) is 6.38. The lowest BCUT2D eigenvalue weighted by Gasteiger charge is -2.43. The molecule has 2 rings (SSSR count). The fraction of sp³-hybridized carbons (Fsp3) is 1.00. The zero-order chi connectivity index (χ0) is 13.0. The molecule has 2 N–H and O–H groups in total. The van der Waals surface area contributed by atoms with Crippen LogP contribution in [0.25, 0.3) is 0 Å². The van der Waals surface area contributed by atoms with Crippen LogP contribution in [-0.2, 0) is 0 Å². The number of nitrogens with zero attached hydrogens (tertiary/aromatic N) is 1. The van der Waals surface area contributed by atoms with Crippen molar-refractivity contribution in [2.24, 2.45) is 11.7 Å². The molecule has 0 heterocycles. The summed E-state index contributed by atoms with van der Waals surface area (Å²) in [5.74, 6) is 0.973. The maximum absolute atomic E-state index is 6.23. The van der Waals surface area contributed by atoms with E-state index in [0.717, 1.165) is 18.5 Å². The van der Waals surface area contributed by atoms with Gasteiger partial charge in [-0.2, -0.15) is 0 Å². The van der Waals surface area contributed by atoms with E-state index in [2.05, 4.69) is 18.7 Å². The van der Waals surface area contributed by atoms with Gasteiger partial charge in [0.1, 0.15) is 0 Å². The first-order valence-corrected chi connectivity index (χ1v) is 8.22. The molecule has 2 saturated carbocycles. The van der Waals surface area contributed by atoms with E-state index in [1.165, 1.54) is 64.3 Å². The first kappa shape index (κ1) is 14.3. The third kappa shape index (κ3) is 3.08. The van der Waals surface area contributed by atoms with Crippen LogP contribution in [0.4, 0.5) is 0 Å². The molecule has 2 unspecified atom stereocenters. The van der Waals surface area contributed by atoms with Gasteiger partial charge in [0.15, 0.2) is 0 Å². The Bertz CT molecular complexity index is 249. The normalized spacial score (nSPS) is 33.7. The van der Waals surface area contributed by atoms with Gasteiger partial charge in [0.05, 0.1) is 0 Å². The summed E-state index contributed by atoms with van der Waals surface area (Å²) in [4.78, 5) is 2.77. The average Bonchev–Trinajstić information content (AvgIpc) is 3.20. The van der Waals surface area contributed by atoms with Crippen LogP contribution in [0.2, 0.25) is 0 Å². The monoisotopic (exact) mass is 252 g/mol. The van der Waals surface area contributed by atoms with E-state index >= 15 is 0 Å². The molecule has 0 saturated heterocycles. The molecule has 106 valence electrons. The van der Waals surface area contributed by atoms with Crippen LogP contribution in [0.3, 0.4) is 0 Å². The molecule has 0 aromatic rings. The van der Waals surface area contributed by atoms with Gasteiger partial charge in [0.25, 0.3) is 0 Å². The van der Waals surface area contributed by atoms with Crippen LogP contribution in [-0.4, -0.2) is 29.6 Å². The number of rotatable bonds is 6. The predicted molar refractivity (Wildman–Crippen MR) is 78.7 cm³/mol. The minimum atomic E-state index is 0.346. The number of hydrogen-bond donors (Lipinski definition) is 1. The zero-order valence-electron chi connectivity index (χ0n) is 12.5. The Morgan fingerprint density at radius 1 is 1.11 bits per heavy atom. The summed E-state index contributed by atoms with van der Waals surface area (Å²) in [6.07, 6.45) is 12.5. The Hall–Kier alpha value is -0.0800. The Labute approximate surface area is 113 Å². The van der Waals surface area contributed by atoms with Gasteiger partial charge >= 0.3 is 0 Å². The number of likely N-dealkylation sites (N-methyl/N-ethyl adjacent to an activating group) is 1. The third-order valence-corrected chi connectivity index (χ3v) is 5.29. The Kier molecular flexibility index (Phi) is 5.08. The molecule has 0 spiro atoms. The van der Waals surface area contributed by atoms with Crippen molar-refractivity contribution in [1.29, 1.82) is 0 Å². The van der Waals surface area contributed by atoms with Crippen LogP contribution in [0.5, 0.6) is 0 Å². The largest absolute Gasteiger partial charge is 0.329 e. The van der Waals surface area contributed by atoms with Gasteiger partial charge < -0.3 is 5.73 Å². The van der Waals surface area contributed by atoms with Crippen LogP contribution in [0.1, 0.15) is 71.6 Å². The Morgan fingerprint density at radius 2 is 1.89 bits per heavy atom. The second-order valence-electron chi connectivity index (χ2n) is 6.53. The van der Waals surface area contributed by atoms with E-state index in [-0.39, 0.29) is 0 Å². The minimum absolute atomic E-state index is 0.346. The van der Waals surface area contributed by atoms with Gasteiger partial charge in [-0.1, -0.05) is 39.5 Å².